The Hall–Kier alpha value is -0.770. The molecule has 1 fully saturated rings. The molecule has 1 heterocycles. The molecule has 4 heteroatoms. The second-order valence-electron chi connectivity index (χ2n) is 3.17. The quantitative estimate of drug-likeness (QED) is 0.606. The molecule has 64 valence electrons. The van der Waals surface area contributed by atoms with Crippen LogP contribution in [0, 0.1) is 0 Å². The van der Waals surface area contributed by atoms with Gasteiger partial charge in [0.1, 0.15) is 12.7 Å². The van der Waals surface area contributed by atoms with Gasteiger partial charge >= 0.3 is 6.09 Å². The molecule has 0 saturated carbocycles. The predicted molar refractivity (Wildman–Crippen MR) is 39.4 cm³/mol. The summed E-state index contributed by atoms with van der Waals surface area (Å²) in [5, 5.41) is 2.67. The summed E-state index contributed by atoms with van der Waals surface area (Å²) in [6.07, 6.45) is -0.441. The number of ether oxygens (including phenoxy) is 2. The van der Waals surface area contributed by atoms with E-state index in [0.29, 0.717) is 6.61 Å². The average Bonchev–Trinajstić information content (AvgIpc) is 1.85. The van der Waals surface area contributed by atoms with E-state index < -0.39 is 0 Å². The van der Waals surface area contributed by atoms with Crippen LogP contribution in [-0.2, 0) is 9.47 Å². The zero-order chi connectivity index (χ0) is 8.48. The number of cyclic esters (lactones) is 1. The van der Waals surface area contributed by atoms with Crippen LogP contribution in [0.1, 0.15) is 13.8 Å². The van der Waals surface area contributed by atoms with Gasteiger partial charge in [0.05, 0.1) is 5.54 Å². The third-order valence-corrected chi connectivity index (χ3v) is 1.88. The first-order valence-corrected chi connectivity index (χ1v) is 3.54. The number of rotatable bonds is 1. The van der Waals surface area contributed by atoms with Gasteiger partial charge in [0.15, 0.2) is 0 Å². The summed E-state index contributed by atoms with van der Waals surface area (Å²) in [6, 6.07) is 0. The van der Waals surface area contributed by atoms with Crippen LogP contribution in [0.15, 0.2) is 0 Å². The molecule has 1 unspecified atom stereocenters. The van der Waals surface area contributed by atoms with E-state index in [1.165, 1.54) is 0 Å². The minimum atomic E-state index is -0.372. The van der Waals surface area contributed by atoms with Crippen molar-refractivity contribution in [3.05, 3.63) is 0 Å². The maximum atomic E-state index is 10.8. The third kappa shape index (κ3) is 1.63. The number of carbonyl (C=O) groups is 1. The van der Waals surface area contributed by atoms with Crippen molar-refractivity contribution in [2.24, 2.45) is 0 Å². The lowest BCUT2D eigenvalue weighted by Crippen LogP contribution is -2.59. The number of carbonyl (C=O) groups excluding carboxylic acids is 1. The maximum Gasteiger partial charge on any atom is 0.407 e. The highest BCUT2D eigenvalue weighted by Gasteiger charge is 2.36. The van der Waals surface area contributed by atoms with Crippen LogP contribution < -0.4 is 5.32 Å². The first-order chi connectivity index (χ1) is 5.06. The number of methoxy groups -OCH3 is 1. The van der Waals surface area contributed by atoms with E-state index in [1.54, 1.807) is 7.11 Å². The van der Waals surface area contributed by atoms with E-state index in [-0.39, 0.29) is 17.7 Å². The fraction of sp³-hybridized carbons (Fsp3) is 0.857. The standard InChI is InChI=1S/C7H13NO3/c1-7(2)5(10-3)4-11-6(9)8-7/h5H,4H2,1-3H3,(H,8,9). The molecule has 1 atom stereocenters. The Kier molecular flexibility index (Phi) is 2.04. The summed E-state index contributed by atoms with van der Waals surface area (Å²) in [5.41, 5.74) is -0.329. The molecule has 0 aromatic rings. The van der Waals surface area contributed by atoms with Gasteiger partial charge in [-0.1, -0.05) is 0 Å². The molecule has 11 heavy (non-hydrogen) atoms. The largest absolute Gasteiger partial charge is 0.447 e. The fourth-order valence-corrected chi connectivity index (χ4v) is 1.10. The number of hydrogen-bond acceptors (Lipinski definition) is 3. The summed E-state index contributed by atoms with van der Waals surface area (Å²) in [4.78, 5) is 10.8. The summed E-state index contributed by atoms with van der Waals surface area (Å²) >= 11 is 0. The van der Waals surface area contributed by atoms with Crippen molar-refractivity contribution in [2.75, 3.05) is 13.7 Å². The summed E-state index contributed by atoms with van der Waals surface area (Å²) in [5.74, 6) is 0. The molecule has 1 aliphatic rings. The lowest BCUT2D eigenvalue weighted by Gasteiger charge is -2.37. The van der Waals surface area contributed by atoms with E-state index in [0.717, 1.165) is 0 Å². The van der Waals surface area contributed by atoms with Crippen LogP contribution in [-0.4, -0.2) is 31.5 Å². The Labute approximate surface area is 65.9 Å². The van der Waals surface area contributed by atoms with E-state index in [2.05, 4.69) is 5.32 Å². The molecule has 0 bridgehead atoms. The average molecular weight is 159 g/mol. The van der Waals surface area contributed by atoms with Gasteiger partial charge in [-0.05, 0) is 13.8 Å². The Balaban J connectivity index is 2.63. The highest BCUT2D eigenvalue weighted by atomic mass is 16.6. The van der Waals surface area contributed by atoms with Crippen molar-refractivity contribution in [1.29, 1.82) is 0 Å². The highest BCUT2D eigenvalue weighted by molar-refractivity contribution is 5.69. The van der Waals surface area contributed by atoms with Gasteiger partial charge in [-0.3, -0.25) is 0 Å². The Bertz CT molecular complexity index is 167. The van der Waals surface area contributed by atoms with Crippen LogP contribution in [0.25, 0.3) is 0 Å². The van der Waals surface area contributed by atoms with Crippen LogP contribution in [0.2, 0.25) is 0 Å². The molecule has 1 amide bonds. The molecule has 1 saturated heterocycles. The molecule has 1 N–H and O–H groups in total. The SMILES string of the molecule is COC1COC(=O)NC1(C)C. The van der Waals surface area contributed by atoms with Gasteiger partial charge in [-0.15, -0.1) is 0 Å². The van der Waals surface area contributed by atoms with Gasteiger partial charge in [-0.2, -0.15) is 0 Å². The van der Waals surface area contributed by atoms with E-state index >= 15 is 0 Å². The topological polar surface area (TPSA) is 47.6 Å². The van der Waals surface area contributed by atoms with Crippen molar-refractivity contribution in [1.82, 2.24) is 5.32 Å². The van der Waals surface area contributed by atoms with Crippen LogP contribution in [0.3, 0.4) is 0 Å². The van der Waals surface area contributed by atoms with E-state index in [1.807, 2.05) is 13.8 Å². The molecule has 0 aromatic carbocycles. The van der Waals surface area contributed by atoms with E-state index in [4.69, 9.17) is 9.47 Å². The highest BCUT2D eigenvalue weighted by Crippen LogP contribution is 2.16. The smallest absolute Gasteiger partial charge is 0.407 e. The summed E-state index contributed by atoms with van der Waals surface area (Å²) in [7, 11) is 1.60. The van der Waals surface area contributed by atoms with Crippen LogP contribution >= 0.6 is 0 Å². The van der Waals surface area contributed by atoms with Crippen molar-refractivity contribution in [3.8, 4) is 0 Å². The fourth-order valence-electron chi connectivity index (χ4n) is 1.10. The van der Waals surface area contributed by atoms with Gasteiger partial charge < -0.3 is 14.8 Å². The van der Waals surface area contributed by atoms with E-state index in [9.17, 15) is 4.79 Å². The molecule has 0 aromatic heterocycles. The number of alkyl carbamates (subject to hydrolysis) is 1. The van der Waals surface area contributed by atoms with Gasteiger partial charge in [-0.25, -0.2) is 4.79 Å². The van der Waals surface area contributed by atoms with Gasteiger partial charge in [0.2, 0.25) is 0 Å². The molecule has 0 aliphatic carbocycles. The van der Waals surface area contributed by atoms with Gasteiger partial charge in [0, 0.05) is 7.11 Å². The maximum absolute atomic E-state index is 10.8. The minimum absolute atomic E-state index is 0.0693. The molecular weight excluding hydrogens is 146 g/mol. The Morgan fingerprint density at radius 1 is 1.73 bits per heavy atom. The Morgan fingerprint density at radius 2 is 2.36 bits per heavy atom. The monoisotopic (exact) mass is 159 g/mol. The van der Waals surface area contributed by atoms with Crippen LogP contribution in [0.4, 0.5) is 4.79 Å². The Morgan fingerprint density at radius 3 is 2.82 bits per heavy atom. The summed E-state index contributed by atoms with van der Waals surface area (Å²) in [6.45, 7) is 4.14. The number of nitrogens with one attached hydrogen (secondary N) is 1. The van der Waals surface area contributed by atoms with Crippen molar-refractivity contribution in [2.45, 2.75) is 25.5 Å². The normalized spacial score (nSPS) is 29.0. The predicted octanol–water partition coefficient (Wildman–Crippen LogP) is 0.520. The zero-order valence-corrected chi connectivity index (χ0v) is 7.01. The number of hydrogen-bond donors (Lipinski definition) is 1. The van der Waals surface area contributed by atoms with Crippen molar-refractivity contribution < 1.29 is 14.3 Å². The first kappa shape index (κ1) is 8.33. The molecule has 0 radical (unpaired) electrons. The first-order valence-electron chi connectivity index (χ1n) is 3.54. The summed E-state index contributed by atoms with van der Waals surface area (Å²) < 4.78 is 9.86. The lowest BCUT2D eigenvalue weighted by molar-refractivity contribution is -0.0392. The molecule has 4 nitrogen and oxygen atoms in total. The van der Waals surface area contributed by atoms with Gasteiger partial charge in [0.25, 0.3) is 0 Å². The van der Waals surface area contributed by atoms with Crippen molar-refractivity contribution in [3.63, 3.8) is 0 Å². The molecule has 1 aliphatic heterocycles. The minimum Gasteiger partial charge on any atom is -0.447 e. The van der Waals surface area contributed by atoms with Crippen LogP contribution in [0.5, 0.6) is 0 Å². The molecule has 1 rings (SSSR count). The second-order valence-corrected chi connectivity index (χ2v) is 3.17. The second kappa shape index (κ2) is 2.70. The lowest BCUT2D eigenvalue weighted by atomic mass is 9.97. The van der Waals surface area contributed by atoms with Crippen molar-refractivity contribution >= 4 is 6.09 Å². The number of amides is 1. The zero-order valence-electron chi connectivity index (χ0n) is 7.01. The third-order valence-electron chi connectivity index (χ3n) is 1.88. The molecular formula is C7H13NO3. The molecule has 0 spiro atoms.